The molecule has 1 aliphatic rings. The van der Waals surface area contributed by atoms with Crippen molar-refractivity contribution < 1.29 is 9.53 Å². The van der Waals surface area contributed by atoms with Gasteiger partial charge in [-0.25, -0.2) is 4.79 Å². The van der Waals surface area contributed by atoms with E-state index in [9.17, 15) is 4.79 Å². The molecule has 4 N–H and O–H groups in total. The summed E-state index contributed by atoms with van der Waals surface area (Å²) in [6.07, 6.45) is 2.02. The van der Waals surface area contributed by atoms with Crippen molar-refractivity contribution in [2.45, 2.75) is 18.3 Å². The minimum absolute atomic E-state index is 0.0566. The normalized spacial score (nSPS) is 16.9. The van der Waals surface area contributed by atoms with E-state index in [1.165, 1.54) is 7.11 Å². The number of carbonyl (C=O) groups excluding carboxylic acids is 1. The summed E-state index contributed by atoms with van der Waals surface area (Å²) in [6.45, 7) is 0.542. The van der Waals surface area contributed by atoms with E-state index in [1.807, 2.05) is 12.1 Å². The molecule has 0 amide bonds. The first kappa shape index (κ1) is 11.0. The van der Waals surface area contributed by atoms with Gasteiger partial charge in [0.1, 0.15) is 0 Å². The predicted octanol–water partition coefficient (Wildman–Crippen LogP) is 1.05. The second kappa shape index (κ2) is 3.79. The van der Waals surface area contributed by atoms with Crippen molar-refractivity contribution in [3.63, 3.8) is 0 Å². The first-order valence-corrected chi connectivity index (χ1v) is 5.32. The topological polar surface area (TPSA) is 78.3 Å². The smallest absolute Gasteiger partial charge is 0.340 e. The molecule has 0 heterocycles. The Labute approximate surface area is 94.6 Å². The van der Waals surface area contributed by atoms with E-state index in [4.69, 9.17) is 16.2 Å². The highest BCUT2D eigenvalue weighted by Gasteiger charge is 2.45. The molecule has 86 valence electrons. The van der Waals surface area contributed by atoms with Gasteiger partial charge in [0.2, 0.25) is 0 Å². The Balaban J connectivity index is 2.53. The van der Waals surface area contributed by atoms with E-state index in [2.05, 4.69) is 0 Å². The Bertz CT molecular complexity index is 425. The fourth-order valence-corrected chi connectivity index (χ4v) is 2.08. The SMILES string of the molecule is COC(=O)c1c(N)cccc1C1(CN)CC1. The van der Waals surface area contributed by atoms with Crippen molar-refractivity contribution in [2.75, 3.05) is 19.4 Å². The van der Waals surface area contributed by atoms with Crippen LogP contribution in [0.25, 0.3) is 0 Å². The van der Waals surface area contributed by atoms with Gasteiger partial charge in [0.05, 0.1) is 12.7 Å². The van der Waals surface area contributed by atoms with Crippen LogP contribution in [0.4, 0.5) is 5.69 Å². The van der Waals surface area contributed by atoms with Crippen LogP contribution in [0.1, 0.15) is 28.8 Å². The summed E-state index contributed by atoms with van der Waals surface area (Å²) in [6, 6.07) is 5.48. The zero-order valence-corrected chi connectivity index (χ0v) is 9.32. The van der Waals surface area contributed by atoms with Crippen molar-refractivity contribution in [3.05, 3.63) is 29.3 Å². The molecule has 4 heteroatoms. The van der Waals surface area contributed by atoms with Crippen LogP contribution in [-0.4, -0.2) is 19.6 Å². The number of anilines is 1. The third kappa shape index (κ3) is 1.55. The zero-order valence-electron chi connectivity index (χ0n) is 9.32. The van der Waals surface area contributed by atoms with Gasteiger partial charge in [-0.2, -0.15) is 0 Å². The number of rotatable bonds is 3. The molecule has 0 bridgehead atoms. The maximum atomic E-state index is 11.7. The quantitative estimate of drug-likeness (QED) is 0.589. The minimum Gasteiger partial charge on any atom is -0.465 e. The second-order valence-corrected chi connectivity index (χ2v) is 4.25. The fraction of sp³-hybridized carbons (Fsp3) is 0.417. The van der Waals surface area contributed by atoms with Crippen molar-refractivity contribution in [1.82, 2.24) is 0 Å². The Morgan fingerprint density at radius 2 is 2.19 bits per heavy atom. The summed E-state index contributed by atoms with van der Waals surface area (Å²) < 4.78 is 4.77. The molecule has 0 radical (unpaired) electrons. The maximum absolute atomic E-state index is 11.7. The highest BCUT2D eigenvalue weighted by Crippen LogP contribution is 2.49. The van der Waals surface area contributed by atoms with Crippen LogP contribution >= 0.6 is 0 Å². The van der Waals surface area contributed by atoms with E-state index < -0.39 is 0 Å². The summed E-state index contributed by atoms with van der Waals surface area (Å²) in [5, 5.41) is 0. The Morgan fingerprint density at radius 1 is 1.50 bits per heavy atom. The van der Waals surface area contributed by atoms with E-state index >= 15 is 0 Å². The van der Waals surface area contributed by atoms with Gasteiger partial charge in [0.15, 0.2) is 0 Å². The lowest BCUT2D eigenvalue weighted by atomic mass is 9.90. The fourth-order valence-electron chi connectivity index (χ4n) is 2.08. The van der Waals surface area contributed by atoms with Crippen LogP contribution in [0.5, 0.6) is 0 Å². The summed E-state index contributed by atoms with van der Waals surface area (Å²) in [4.78, 5) is 11.7. The van der Waals surface area contributed by atoms with E-state index in [1.54, 1.807) is 6.07 Å². The lowest BCUT2D eigenvalue weighted by Crippen LogP contribution is -2.23. The molecule has 0 aromatic heterocycles. The first-order chi connectivity index (χ1) is 7.64. The lowest BCUT2D eigenvalue weighted by Gasteiger charge is -2.17. The summed E-state index contributed by atoms with van der Waals surface area (Å²) in [7, 11) is 1.36. The predicted molar refractivity (Wildman–Crippen MR) is 62.2 cm³/mol. The van der Waals surface area contributed by atoms with Crippen molar-refractivity contribution in [1.29, 1.82) is 0 Å². The highest BCUT2D eigenvalue weighted by molar-refractivity contribution is 5.97. The minimum atomic E-state index is -0.382. The molecule has 0 atom stereocenters. The average Bonchev–Trinajstić information content (AvgIpc) is 3.08. The van der Waals surface area contributed by atoms with Gasteiger partial charge in [0, 0.05) is 17.6 Å². The average molecular weight is 220 g/mol. The molecule has 1 aromatic rings. The molecule has 0 unspecified atom stereocenters. The number of nitrogen functional groups attached to an aromatic ring is 1. The van der Waals surface area contributed by atoms with Gasteiger partial charge in [-0.1, -0.05) is 12.1 Å². The molecular formula is C12H16N2O2. The van der Waals surface area contributed by atoms with Crippen LogP contribution in [0.3, 0.4) is 0 Å². The number of carbonyl (C=O) groups is 1. The highest BCUT2D eigenvalue weighted by atomic mass is 16.5. The monoisotopic (exact) mass is 220 g/mol. The summed E-state index contributed by atoms with van der Waals surface area (Å²) in [5.41, 5.74) is 13.4. The largest absolute Gasteiger partial charge is 0.465 e. The lowest BCUT2D eigenvalue weighted by molar-refractivity contribution is 0.0600. The number of hydrogen-bond acceptors (Lipinski definition) is 4. The van der Waals surface area contributed by atoms with Gasteiger partial charge >= 0.3 is 5.97 Å². The standard InChI is InChI=1S/C12H16N2O2/c1-16-11(15)10-8(3-2-4-9(10)14)12(7-13)5-6-12/h2-4H,5-7,13-14H2,1H3. The van der Waals surface area contributed by atoms with Gasteiger partial charge in [-0.15, -0.1) is 0 Å². The van der Waals surface area contributed by atoms with Crippen molar-refractivity contribution >= 4 is 11.7 Å². The number of methoxy groups -OCH3 is 1. The number of nitrogens with two attached hydrogens (primary N) is 2. The molecule has 0 saturated heterocycles. The van der Waals surface area contributed by atoms with Crippen LogP contribution in [0.15, 0.2) is 18.2 Å². The first-order valence-electron chi connectivity index (χ1n) is 5.32. The van der Waals surface area contributed by atoms with Crippen LogP contribution in [0.2, 0.25) is 0 Å². The Morgan fingerprint density at radius 3 is 2.69 bits per heavy atom. The van der Waals surface area contributed by atoms with Gasteiger partial charge in [-0.05, 0) is 24.5 Å². The van der Waals surface area contributed by atoms with Gasteiger partial charge in [-0.3, -0.25) is 0 Å². The molecule has 1 aromatic carbocycles. The van der Waals surface area contributed by atoms with Crippen LogP contribution in [-0.2, 0) is 10.2 Å². The zero-order chi connectivity index (χ0) is 11.8. The number of benzene rings is 1. The molecule has 1 aliphatic carbocycles. The summed E-state index contributed by atoms with van der Waals surface area (Å²) >= 11 is 0. The van der Waals surface area contributed by atoms with Crippen molar-refractivity contribution in [3.8, 4) is 0 Å². The molecular weight excluding hydrogens is 204 g/mol. The third-order valence-electron chi connectivity index (χ3n) is 3.30. The van der Waals surface area contributed by atoms with E-state index in [-0.39, 0.29) is 11.4 Å². The molecule has 4 nitrogen and oxygen atoms in total. The van der Waals surface area contributed by atoms with Crippen LogP contribution in [0, 0.1) is 0 Å². The van der Waals surface area contributed by atoms with E-state index in [0.717, 1.165) is 18.4 Å². The summed E-state index contributed by atoms with van der Waals surface area (Å²) in [5.74, 6) is -0.382. The number of hydrogen-bond donors (Lipinski definition) is 2. The maximum Gasteiger partial charge on any atom is 0.340 e. The molecule has 0 aliphatic heterocycles. The van der Waals surface area contributed by atoms with Gasteiger partial charge in [0.25, 0.3) is 0 Å². The Kier molecular flexibility index (Phi) is 2.59. The molecule has 16 heavy (non-hydrogen) atoms. The van der Waals surface area contributed by atoms with Gasteiger partial charge < -0.3 is 16.2 Å². The number of ether oxygens (including phenoxy) is 1. The Hall–Kier alpha value is -1.55. The number of esters is 1. The molecule has 0 spiro atoms. The van der Waals surface area contributed by atoms with E-state index in [0.29, 0.717) is 17.8 Å². The molecule has 1 saturated carbocycles. The van der Waals surface area contributed by atoms with Crippen LogP contribution < -0.4 is 11.5 Å². The molecule has 1 fully saturated rings. The second-order valence-electron chi connectivity index (χ2n) is 4.25. The van der Waals surface area contributed by atoms with Crippen molar-refractivity contribution in [2.24, 2.45) is 5.73 Å². The third-order valence-corrected chi connectivity index (χ3v) is 3.30. The molecule has 2 rings (SSSR count).